The first-order chi connectivity index (χ1) is 15.9. The Labute approximate surface area is 200 Å². The predicted octanol–water partition coefficient (Wildman–Crippen LogP) is 5.65. The highest BCUT2D eigenvalue weighted by Gasteiger charge is 2.43. The molecule has 0 saturated carbocycles. The van der Waals surface area contributed by atoms with Crippen LogP contribution < -0.4 is 0 Å². The Morgan fingerprint density at radius 3 is 1.39 bits per heavy atom. The van der Waals surface area contributed by atoms with Gasteiger partial charge in [0.15, 0.2) is 5.60 Å². The van der Waals surface area contributed by atoms with Crippen LogP contribution >= 0.6 is 0 Å². The van der Waals surface area contributed by atoms with Crippen LogP contribution in [0.15, 0.2) is 0 Å². The van der Waals surface area contributed by atoms with E-state index in [1.165, 1.54) is 32.1 Å². The summed E-state index contributed by atoms with van der Waals surface area (Å²) in [7, 11) is 0. The lowest BCUT2D eigenvalue weighted by molar-refractivity contribution is -0.178. The molecule has 0 heterocycles. The number of hydrogen-bond acceptors (Lipinski definition) is 7. The summed E-state index contributed by atoms with van der Waals surface area (Å²) in [5.74, 6) is -2.43. The first-order valence-electron chi connectivity index (χ1n) is 13.1. The Morgan fingerprint density at radius 2 is 0.909 bits per heavy atom. The third-order valence-electron chi connectivity index (χ3n) is 5.51. The van der Waals surface area contributed by atoms with E-state index in [0.717, 1.165) is 44.9 Å². The van der Waals surface area contributed by atoms with Crippen LogP contribution in [0.5, 0.6) is 0 Å². The van der Waals surface area contributed by atoms with E-state index in [2.05, 4.69) is 13.8 Å². The molecule has 0 bridgehead atoms. The monoisotopic (exact) mass is 472 g/mol. The quantitative estimate of drug-likeness (QED) is 0.123. The molecule has 194 valence electrons. The van der Waals surface area contributed by atoms with Crippen LogP contribution in [0.25, 0.3) is 0 Å². The van der Waals surface area contributed by atoms with E-state index in [1.54, 1.807) is 0 Å². The van der Waals surface area contributed by atoms with Gasteiger partial charge < -0.3 is 19.3 Å². The third kappa shape index (κ3) is 17.5. The highest BCUT2D eigenvalue weighted by Crippen LogP contribution is 2.21. The van der Waals surface area contributed by atoms with Crippen LogP contribution in [0.3, 0.4) is 0 Å². The topological polar surface area (TPSA) is 99.1 Å². The molecular weight excluding hydrogens is 424 g/mol. The molecule has 0 rings (SSSR count). The van der Waals surface area contributed by atoms with Crippen molar-refractivity contribution >= 4 is 17.9 Å². The number of ether oxygens (including phenoxy) is 3. The van der Waals surface area contributed by atoms with Crippen molar-refractivity contribution in [1.82, 2.24) is 0 Å². The van der Waals surface area contributed by atoms with Crippen molar-refractivity contribution in [2.45, 2.75) is 129 Å². The summed E-state index contributed by atoms with van der Waals surface area (Å²) in [5, 5.41) is 10.8. The maximum absolute atomic E-state index is 12.5. The van der Waals surface area contributed by atoms with Gasteiger partial charge in [-0.05, 0) is 19.3 Å². The summed E-state index contributed by atoms with van der Waals surface area (Å²) in [4.78, 5) is 36.9. The van der Waals surface area contributed by atoms with Gasteiger partial charge in [-0.15, -0.1) is 0 Å². The van der Waals surface area contributed by atoms with Crippen molar-refractivity contribution in [3.05, 3.63) is 0 Å². The molecule has 0 saturated heterocycles. The van der Waals surface area contributed by atoms with Crippen molar-refractivity contribution in [1.29, 1.82) is 0 Å². The van der Waals surface area contributed by atoms with Crippen molar-refractivity contribution in [3.63, 3.8) is 0 Å². The van der Waals surface area contributed by atoms with Gasteiger partial charge in [0.2, 0.25) is 0 Å². The molecule has 0 amide bonds. The molecule has 0 aromatic heterocycles. The second-order valence-electron chi connectivity index (χ2n) is 8.85. The Balaban J connectivity index is 4.53. The van der Waals surface area contributed by atoms with E-state index in [-0.39, 0.29) is 19.8 Å². The summed E-state index contributed by atoms with van der Waals surface area (Å²) < 4.78 is 15.5. The Hall–Kier alpha value is -1.63. The zero-order chi connectivity index (χ0) is 24.8. The largest absolute Gasteiger partial charge is 0.466 e. The lowest BCUT2D eigenvalue weighted by Gasteiger charge is -2.24. The van der Waals surface area contributed by atoms with Crippen molar-refractivity contribution in [2.75, 3.05) is 19.8 Å². The minimum atomic E-state index is -2.27. The number of aliphatic hydroxyl groups is 1. The number of rotatable bonds is 22. The number of unbranched alkanes of at least 4 members (excludes halogenated alkanes) is 11. The summed E-state index contributed by atoms with van der Waals surface area (Å²) in [6, 6.07) is 0. The van der Waals surface area contributed by atoms with Gasteiger partial charge in [-0.25, -0.2) is 4.79 Å². The fourth-order valence-corrected chi connectivity index (χ4v) is 3.37. The van der Waals surface area contributed by atoms with E-state index in [4.69, 9.17) is 14.2 Å². The van der Waals surface area contributed by atoms with Gasteiger partial charge in [0.1, 0.15) is 0 Å². The average Bonchev–Trinajstić information content (AvgIpc) is 2.77. The summed E-state index contributed by atoms with van der Waals surface area (Å²) in [6.07, 6.45) is 12.9. The van der Waals surface area contributed by atoms with Gasteiger partial charge in [0, 0.05) is 0 Å². The van der Waals surface area contributed by atoms with Crippen molar-refractivity contribution < 1.29 is 33.7 Å². The second kappa shape index (κ2) is 20.9. The predicted molar refractivity (Wildman–Crippen MR) is 129 cm³/mol. The molecule has 0 aromatic rings. The van der Waals surface area contributed by atoms with Gasteiger partial charge >= 0.3 is 17.9 Å². The summed E-state index contributed by atoms with van der Waals surface area (Å²) in [5.41, 5.74) is -2.27. The van der Waals surface area contributed by atoms with Crippen molar-refractivity contribution in [2.24, 2.45) is 0 Å². The first kappa shape index (κ1) is 31.4. The molecular formula is C26H48O7. The lowest BCUT2D eigenvalue weighted by atomic mass is 9.95. The molecule has 7 nitrogen and oxygen atoms in total. The fraction of sp³-hybridized carbons (Fsp3) is 0.885. The Kier molecular flexibility index (Phi) is 19.9. The minimum Gasteiger partial charge on any atom is -0.466 e. The standard InChI is InChI=1S/C26H48O7/c1-4-7-10-12-13-14-15-17-19-32-24(28)22-26(30,21-23(27)31-18-9-6-3)25(29)33-20-16-11-8-5-2/h30H,4-22H2,1-3H3. The number of carbonyl (C=O) groups excluding carboxylic acids is 3. The fourth-order valence-electron chi connectivity index (χ4n) is 3.37. The maximum Gasteiger partial charge on any atom is 0.339 e. The van der Waals surface area contributed by atoms with E-state index >= 15 is 0 Å². The molecule has 0 fully saturated rings. The van der Waals surface area contributed by atoms with E-state index in [0.29, 0.717) is 12.8 Å². The second-order valence-corrected chi connectivity index (χ2v) is 8.85. The van der Waals surface area contributed by atoms with E-state index in [1.807, 2.05) is 6.92 Å². The Morgan fingerprint density at radius 1 is 0.545 bits per heavy atom. The van der Waals surface area contributed by atoms with Gasteiger partial charge in [-0.2, -0.15) is 0 Å². The van der Waals surface area contributed by atoms with Crippen LogP contribution in [0.1, 0.15) is 124 Å². The third-order valence-corrected chi connectivity index (χ3v) is 5.51. The minimum absolute atomic E-state index is 0.138. The van der Waals surface area contributed by atoms with Crippen LogP contribution in [-0.2, 0) is 28.6 Å². The van der Waals surface area contributed by atoms with E-state index in [9.17, 15) is 19.5 Å². The Bertz CT molecular complexity index is 521. The highest BCUT2D eigenvalue weighted by atomic mass is 16.6. The molecule has 0 radical (unpaired) electrons. The zero-order valence-corrected chi connectivity index (χ0v) is 21.3. The molecule has 0 spiro atoms. The molecule has 0 aliphatic rings. The van der Waals surface area contributed by atoms with Crippen LogP contribution in [0, 0.1) is 0 Å². The van der Waals surface area contributed by atoms with Crippen molar-refractivity contribution in [3.8, 4) is 0 Å². The molecule has 1 N–H and O–H groups in total. The van der Waals surface area contributed by atoms with Crippen LogP contribution in [-0.4, -0.2) is 48.4 Å². The van der Waals surface area contributed by atoms with Gasteiger partial charge in [-0.3, -0.25) is 9.59 Å². The average molecular weight is 473 g/mol. The molecule has 1 unspecified atom stereocenters. The maximum atomic E-state index is 12.5. The number of hydrogen-bond donors (Lipinski definition) is 1. The SMILES string of the molecule is CCCCCCCCCCOC(=O)CC(O)(CC(=O)OCCCC)C(=O)OCCCCCC. The number of esters is 3. The van der Waals surface area contributed by atoms with Gasteiger partial charge in [0.25, 0.3) is 0 Å². The molecule has 1 atom stereocenters. The lowest BCUT2D eigenvalue weighted by Crippen LogP contribution is -2.45. The first-order valence-corrected chi connectivity index (χ1v) is 13.1. The normalized spacial score (nSPS) is 12.7. The van der Waals surface area contributed by atoms with Gasteiger partial charge in [0.05, 0.1) is 32.7 Å². The van der Waals surface area contributed by atoms with E-state index < -0.39 is 36.4 Å². The zero-order valence-electron chi connectivity index (χ0n) is 21.3. The molecule has 0 aliphatic carbocycles. The molecule has 33 heavy (non-hydrogen) atoms. The van der Waals surface area contributed by atoms with Crippen LogP contribution in [0.2, 0.25) is 0 Å². The number of carbonyl (C=O) groups is 3. The van der Waals surface area contributed by atoms with Gasteiger partial charge in [-0.1, -0.05) is 91.4 Å². The smallest absolute Gasteiger partial charge is 0.339 e. The summed E-state index contributed by atoms with van der Waals surface area (Å²) in [6.45, 7) is 6.81. The molecule has 7 heteroatoms. The van der Waals surface area contributed by atoms with Crippen LogP contribution in [0.4, 0.5) is 0 Å². The summed E-state index contributed by atoms with van der Waals surface area (Å²) >= 11 is 0. The molecule has 0 aromatic carbocycles. The molecule has 0 aliphatic heterocycles. The highest BCUT2D eigenvalue weighted by molar-refractivity contribution is 5.90.